The van der Waals surface area contributed by atoms with E-state index in [9.17, 15) is 0 Å². The second kappa shape index (κ2) is 5.37. The van der Waals surface area contributed by atoms with E-state index in [4.69, 9.17) is 0 Å². The van der Waals surface area contributed by atoms with Gasteiger partial charge in [0.1, 0.15) is 0 Å². The first-order chi connectivity index (χ1) is 10.4. The average Bonchev–Trinajstić information content (AvgIpc) is 2.96. The number of hydrogen-bond donors (Lipinski definition) is 0. The molecular formula is C18H20N4. The van der Waals surface area contributed by atoms with Crippen LogP contribution >= 0.6 is 0 Å². The number of nitrogens with zero attached hydrogens (tertiary/aromatic N) is 4. The molecule has 0 saturated heterocycles. The first kappa shape index (κ1) is 14.4. The van der Waals surface area contributed by atoms with Crippen LogP contribution in [0.15, 0.2) is 48.5 Å². The standard InChI is InChI=1S/C18H20N4/c1-13-6-5-7-16(12-13)22-17(19-20-21-22)14-8-10-15(11-9-14)18(2,3)4/h5-12H,1-4H3. The van der Waals surface area contributed by atoms with Crippen molar-refractivity contribution < 1.29 is 0 Å². The molecule has 4 nitrogen and oxygen atoms in total. The SMILES string of the molecule is Cc1cccc(-n2nnnc2-c2ccc(C(C)(C)C)cc2)c1. The molecule has 0 amide bonds. The van der Waals surface area contributed by atoms with E-state index >= 15 is 0 Å². The summed E-state index contributed by atoms with van der Waals surface area (Å²) in [5.41, 5.74) is 4.60. The molecule has 0 N–H and O–H groups in total. The Morgan fingerprint density at radius 1 is 0.955 bits per heavy atom. The van der Waals surface area contributed by atoms with Crippen LogP contribution in [0.3, 0.4) is 0 Å². The number of aromatic nitrogens is 4. The highest BCUT2D eigenvalue weighted by atomic mass is 15.5. The quantitative estimate of drug-likeness (QED) is 0.718. The maximum atomic E-state index is 4.19. The minimum absolute atomic E-state index is 0.140. The average molecular weight is 292 g/mol. The van der Waals surface area contributed by atoms with Crippen molar-refractivity contribution in [2.24, 2.45) is 0 Å². The van der Waals surface area contributed by atoms with E-state index in [1.165, 1.54) is 11.1 Å². The van der Waals surface area contributed by atoms with Crippen LogP contribution in [0.25, 0.3) is 17.1 Å². The molecule has 1 heterocycles. The lowest BCUT2D eigenvalue weighted by Gasteiger charge is -2.19. The first-order valence-electron chi connectivity index (χ1n) is 7.41. The van der Waals surface area contributed by atoms with Crippen LogP contribution < -0.4 is 0 Å². The van der Waals surface area contributed by atoms with Gasteiger partial charge in [0.2, 0.25) is 0 Å². The van der Waals surface area contributed by atoms with Gasteiger partial charge in [-0.1, -0.05) is 57.2 Å². The van der Waals surface area contributed by atoms with E-state index in [-0.39, 0.29) is 5.41 Å². The van der Waals surface area contributed by atoms with Gasteiger partial charge in [-0.3, -0.25) is 0 Å². The molecule has 0 aliphatic heterocycles. The highest BCUT2D eigenvalue weighted by molar-refractivity contribution is 5.58. The van der Waals surface area contributed by atoms with Crippen molar-refractivity contribution in [2.75, 3.05) is 0 Å². The van der Waals surface area contributed by atoms with Gasteiger partial charge in [-0.15, -0.1) is 5.10 Å². The minimum atomic E-state index is 0.140. The minimum Gasteiger partial charge on any atom is -0.193 e. The van der Waals surface area contributed by atoms with Gasteiger partial charge < -0.3 is 0 Å². The number of tetrazole rings is 1. The summed E-state index contributed by atoms with van der Waals surface area (Å²) in [7, 11) is 0. The fourth-order valence-corrected chi connectivity index (χ4v) is 2.42. The predicted molar refractivity (Wildman–Crippen MR) is 88.0 cm³/mol. The monoisotopic (exact) mass is 292 g/mol. The summed E-state index contributed by atoms with van der Waals surface area (Å²) < 4.78 is 1.78. The summed E-state index contributed by atoms with van der Waals surface area (Å²) in [6.45, 7) is 8.68. The fraction of sp³-hybridized carbons (Fsp3) is 0.278. The third-order valence-electron chi connectivity index (χ3n) is 3.72. The Bertz CT molecular complexity index is 779. The zero-order valence-corrected chi connectivity index (χ0v) is 13.4. The van der Waals surface area contributed by atoms with Gasteiger partial charge in [-0.2, -0.15) is 4.68 Å². The molecule has 22 heavy (non-hydrogen) atoms. The molecule has 0 fully saturated rings. The van der Waals surface area contributed by atoms with Crippen LogP contribution in [0.5, 0.6) is 0 Å². The Morgan fingerprint density at radius 2 is 1.68 bits per heavy atom. The Hall–Kier alpha value is -2.49. The van der Waals surface area contributed by atoms with E-state index in [1.54, 1.807) is 4.68 Å². The molecule has 2 aromatic carbocycles. The molecule has 0 radical (unpaired) electrons. The largest absolute Gasteiger partial charge is 0.193 e. The van der Waals surface area contributed by atoms with Gasteiger partial charge in [0.05, 0.1) is 5.69 Å². The zero-order valence-electron chi connectivity index (χ0n) is 13.4. The van der Waals surface area contributed by atoms with E-state index < -0.39 is 0 Å². The van der Waals surface area contributed by atoms with Crippen LogP contribution in [0, 0.1) is 6.92 Å². The second-order valence-electron chi connectivity index (χ2n) is 6.58. The van der Waals surface area contributed by atoms with Crippen molar-refractivity contribution in [1.82, 2.24) is 20.2 Å². The van der Waals surface area contributed by atoms with Gasteiger partial charge in [0.25, 0.3) is 0 Å². The number of benzene rings is 2. The van der Waals surface area contributed by atoms with Gasteiger partial charge >= 0.3 is 0 Å². The normalized spacial score (nSPS) is 11.6. The Labute approximate surface area is 130 Å². The van der Waals surface area contributed by atoms with E-state index in [0.29, 0.717) is 0 Å². The lowest BCUT2D eigenvalue weighted by Crippen LogP contribution is -2.10. The summed E-state index contributed by atoms with van der Waals surface area (Å²) in [6, 6.07) is 16.6. The maximum Gasteiger partial charge on any atom is 0.187 e. The van der Waals surface area contributed by atoms with E-state index in [0.717, 1.165) is 17.1 Å². The fourth-order valence-electron chi connectivity index (χ4n) is 2.42. The van der Waals surface area contributed by atoms with Crippen LogP contribution in [-0.2, 0) is 5.41 Å². The Kier molecular flexibility index (Phi) is 3.53. The van der Waals surface area contributed by atoms with Crippen LogP contribution in [0.2, 0.25) is 0 Å². The van der Waals surface area contributed by atoms with Crippen molar-refractivity contribution in [1.29, 1.82) is 0 Å². The highest BCUT2D eigenvalue weighted by Crippen LogP contribution is 2.26. The lowest BCUT2D eigenvalue weighted by atomic mass is 9.87. The van der Waals surface area contributed by atoms with Crippen molar-refractivity contribution >= 4 is 0 Å². The molecule has 0 aliphatic rings. The summed E-state index contributed by atoms with van der Waals surface area (Å²) >= 11 is 0. The topological polar surface area (TPSA) is 43.6 Å². The first-order valence-corrected chi connectivity index (χ1v) is 7.41. The zero-order chi connectivity index (χ0) is 15.7. The Morgan fingerprint density at radius 3 is 2.32 bits per heavy atom. The maximum absolute atomic E-state index is 4.19. The summed E-state index contributed by atoms with van der Waals surface area (Å²) in [5.74, 6) is 0.756. The number of aryl methyl sites for hydroxylation is 1. The van der Waals surface area contributed by atoms with Crippen LogP contribution in [0.1, 0.15) is 31.9 Å². The van der Waals surface area contributed by atoms with E-state index in [2.05, 4.69) is 79.6 Å². The third-order valence-corrected chi connectivity index (χ3v) is 3.72. The van der Waals surface area contributed by atoms with Crippen molar-refractivity contribution in [3.05, 3.63) is 59.7 Å². The Balaban J connectivity index is 2.02. The molecule has 0 saturated carbocycles. The lowest BCUT2D eigenvalue weighted by molar-refractivity contribution is 0.590. The van der Waals surface area contributed by atoms with Gasteiger partial charge in [0.15, 0.2) is 5.82 Å². The van der Waals surface area contributed by atoms with Gasteiger partial charge in [-0.05, 0) is 46.0 Å². The highest BCUT2D eigenvalue weighted by Gasteiger charge is 2.15. The molecule has 0 aliphatic carbocycles. The third kappa shape index (κ3) is 2.77. The molecule has 0 spiro atoms. The molecule has 0 atom stereocenters. The molecule has 112 valence electrons. The molecule has 3 rings (SSSR count). The molecule has 3 aromatic rings. The van der Waals surface area contributed by atoms with Gasteiger partial charge in [0, 0.05) is 5.56 Å². The second-order valence-corrected chi connectivity index (χ2v) is 6.58. The van der Waals surface area contributed by atoms with Crippen molar-refractivity contribution in [3.63, 3.8) is 0 Å². The summed E-state index contributed by atoms with van der Waals surface area (Å²) in [5, 5.41) is 12.2. The number of rotatable bonds is 2. The van der Waals surface area contributed by atoms with Crippen molar-refractivity contribution in [3.8, 4) is 17.1 Å². The summed E-state index contributed by atoms with van der Waals surface area (Å²) in [4.78, 5) is 0. The predicted octanol–water partition coefficient (Wildman–Crippen LogP) is 3.94. The van der Waals surface area contributed by atoms with Gasteiger partial charge in [-0.25, -0.2) is 0 Å². The van der Waals surface area contributed by atoms with E-state index in [1.807, 2.05) is 12.1 Å². The van der Waals surface area contributed by atoms with Crippen LogP contribution in [0.4, 0.5) is 0 Å². The summed E-state index contributed by atoms with van der Waals surface area (Å²) in [6.07, 6.45) is 0. The molecule has 4 heteroatoms. The molecule has 0 bridgehead atoms. The molecule has 1 aromatic heterocycles. The number of hydrogen-bond acceptors (Lipinski definition) is 3. The molecule has 0 unspecified atom stereocenters. The molecular weight excluding hydrogens is 272 g/mol. The van der Waals surface area contributed by atoms with Crippen LogP contribution in [-0.4, -0.2) is 20.2 Å². The smallest absolute Gasteiger partial charge is 0.187 e. The van der Waals surface area contributed by atoms with Crippen molar-refractivity contribution in [2.45, 2.75) is 33.1 Å².